The molecule has 1 atom stereocenters. The fourth-order valence-electron chi connectivity index (χ4n) is 3.66. The van der Waals surface area contributed by atoms with Crippen LogP contribution < -0.4 is 0 Å². The van der Waals surface area contributed by atoms with Crippen molar-refractivity contribution >= 4 is 28.7 Å². The highest BCUT2D eigenvalue weighted by atomic mass is 32.2. The summed E-state index contributed by atoms with van der Waals surface area (Å²) in [5, 5.41) is 0. The van der Waals surface area contributed by atoms with E-state index in [-0.39, 0.29) is 5.91 Å². The molecule has 1 amide bonds. The summed E-state index contributed by atoms with van der Waals surface area (Å²) in [6.07, 6.45) is 5.04. The highest BCUT2D eigenvalue weighted by Gasteiger charge is 2.27. The Morgan fingerprint density at radius 3 is 3.08 bits per heavy atom. The number of rotatable bonds is 5. The number of fused-ring (bicyclic) bond motifs is 1. The lowest BCUT2D eigenvalue weighted by Crippen LogP contribution is -2.40. The molecule has 6 heteroatoms. The van der Waals surface area contributed by atoms with Gasteiger partial charge >= 0.3 is 0 Å². The van der Waals surface area contributed by atoms with E-state index in [1.165, 1.54) is 0 Å². The molecule has 1 aliphatic heterocycles. The largest absolute Gasteiger partial charge is 0.455 e. The van der Waals surface area contributed by atoms with Gasteiger partial charge in [0.1, 0.15) is 11.6 Å². The molecule has 1 aromatic carbocycles. The number of para-hydroxylation sites is 2. The van der Waals surface area contributed by atoms with Gasteiger partial charge in [-0.2, -0.15) is 11.8 Å². The lowest BCUT2D eigenvalue weighted by atomic mass is 9.94. The Labute approximate surface area is 157 Å². The first-order valence-electron chi connectivity index (χ1n) is 9.03. The Balaban J connectivity index is 1.42. The minimum Gasteiger partial charge on any atom is -0.455 e. The minimum atomic E-state index is 0.00617. The van der Waals surface area contributed by atoms with Crippen LogP contribution in [0.25, 0.3) is 11.0 Å². The van der Waals surface area contributed by atoms with E-state index in [4.69, 9.17) is 4.42 Å². The Hall–Kier alpha value is -2.21. The maximum absolute atomic E-state index is 12.8. The van der Waals surface area contributed by atoms with Crippen LogP contribution in [0.2, 0.25) is 0 Å². The fourth-order valence-corrected chi connectivity index (χ4v) is 4.10. The number of piperidine rings is 1. The fraction of sp³-hybridized carbons (Fsp3) is 0.400. The first-order chi connectivity index (χ1) is 12.7. The number of likely N-dealkylation sites (tertiary alicyclic amines) is 1. The molecule has 0 spiro atoms. The topological polar surface area (TPSA) is 62.1 Å². The molecule has 1 fully saturated rings. The van der Waals surface area contributed by atoms with Gasteiger partial charge in [-0.1, -0.05) is 12.1 Å². The zero-order valence-electron chi connectivity index (χ0n) is 14.9. The van der Waals surface area contributed by atoms with Gasteiger partial charge in [-0.15, -0.1) is 0 Å². The molecule has 1 aliphatic rings. The molecule has 0 saturated carbocycles. The minimum absolute atomic E-state index is 0.00617. The van der Waals surface area contributed by atoms with Gasteiger partial charge in [0.25, 0.3) is 5.91 Å². The molecule has 136 valence electrons. The molecule has 3 aromatic rings. The normalized spacial score (nSPS) is 17.7. The second-order valence-corrected chi connectivity index (χ2v) is 7.73. The highest BCUT2D eigenvalue weighted by molar-refractivity contribution is 7.97. The maximum Gasteiger partial charge on any atom is 0.289 e. The van der Waals surface area contributed by atoms with Crippen molar-refractivity contribution in [2.24, 2.45) is 5.92 Å². The summed E-state index contributed by atoms with van der Waals surface area (Å²) in [5.74, 6) is 3.54. The van der Waals surface area contributed by atoms with Crippen LogP contribution >= 0.6 is 11.8 Å². The Kier molecular flexibility index (Phi) is 5.02. The van der Waals surface area contributed by atoms with E-state index in [1.54, 1.807) is 17.8 Å². The van der Waals surface area contributed by atoms with E-state index in [0.717, 1.165) is 60.7 Å². The number of hydrogen-bond donors (Lipinski definition) is 1. The summed E-state index contributed by atoms with van der Waals surface area (Å²) in [6, 6.07) is 11.8. The quantitative estimate of drug-likeness (QED) is 0.735. The van der Waals surface area contributed by atoms with Gasteiger partial charge in [0.2, 0.25) is 0 Å². The number of carbonyl (C=O) groups is 1. The smallest absolute Gasteiger partial charge is 0.289 e. The van der Waals surface area contributed by atoms with Crippen LogP contribution in [0.4, 0.5) is 0 Å². The van der Waals surface area contributed by atoms with Gasteiger partial charge in [-0.25, -0.2) is 4.98 Å². The Bertz CT molecular complexity index is 868. The van der Waals surface area contributed by atoms with Crippen LogP contribution in [-0.2, 0) is 12.2 Å². The van der Waals surface area contributed by atoms with Crippen molar-refractivity contribution in [3.05, 3.63) is 53.7 Å². The van der Waals surface area contributed by atoms with Crippen molar-refractivity contribution in [2.75, 3.05) is 19.3 Å². The van der Waals surface area contributed by atoms with E-state index < -0.39 is 0 Å². The third kappa shape index (κ3) is 3.65. The van der Waals surface area contributed by atoms with Crippen LogP contribution in [-0.4, -0.2) is 40.1 Å². The predicted octanol–water partition coefficient (Wildman–Crippen LogP) is 4.11. The first kappa shape index (κ1) is 17.2. The van der Waals surface area contributed by atoms with Crippen molar-refractivity contribution in [2.45, 2.75) is 25.0 Å². The lowest BCUT2D eigenvalue weighted by molar-refractivity contribution is 0.0639. The molecule has 0 unspecified atom stereocenters. The predicted molar refractivity (Wildman–Crippen MR) is 104 cm³/mol. The molecule has 1 N–H and O–H groups in total. The van der Waals surface area contributed by atoms with E-state index in [2.05, 4.69) is 9.97 Å². The molecule has 26 heavy (non-hydrogen) atoms. The number of amides is 1. The van der Waals surface area contributed by atoms with Crippen LogP contribution in [0, 0.1) is 5.92 Å². The number of thioether (sulfide) groups is 1. The van der Waals surface area contributed by atoms with Crippen LogP contribution in [0.3, 0.4) is 0 Å². The number of nitrogens with zero attached hydrogens (tertiary/aromatic N) is 2. The van der Waals surface area contributed by atoms with Crippen LogP contribution in [0.15, 0.2) is 40.8 Å². The Morgan fingerprint density at radius 2 is 2.23 bits per heavy atom. The molecule has 4 rings (SSSR count). The average molecular weight is 369 g/mol. The average Bonchev–Trinajstić information content (AvgIpc) is 3.28. The van der Waals surface area contributed by atoms with Crippen LogP contribution in [0.5, 0.6) is 0 Å². The van der Waals surface area contributed by atoms with Crippen molar-refractivity contribution < 1.29 is 9.21 Å². The molecule has 3 heterocycles. The van der Waals surface area contributed by atoms with E-state index >= 15 is 0 Å². The molecule has 1 saturated heterocycles. The molecule has 0 bridgehead atoms. The second kappa shape index (κ2) is 7.58. The zero-order chi connectivity index (χ0) is 17.9. The monoisotopic (exact) mass is 369 g/mol. The number of carbonyl (C=O) groups excluding carboxylic acids is 1. The standard InChI is InChI=1S/C20H23N3O2S/c1-26-13-15-8-9-18(25-15)20(24)23-10-4-5-14(12-23)11-19-21-16-6-2-3-7-17(16)22-19/h2-3,6-9,14H,4-5,10-13H2,1H3,(H,21,22)/t14-/m1/s1. The summed E-state index contributed by atoms with van der Waals surface area (Å²) >= 11 is 1.69. The third-order valence-corrected chi connectivity index (χ3v) is 5.46. The van der Waals surface area contributed by atoms with Crippen molar-refractivity contribution in [1.82, 2.24) is 14.9 Å². The molecule has 0 aliphatic carbocycles. The highest BCUT2D eigenvalue weighted by Crippen LogP contribution is 2.23. The number of aromatic amines is 1. The van der Waals surface area contributed by atoms with Crippen molar-refractivity contribution in [3.63, 3.8) is 0 Å². The first-order valence-corrected chi connectivity index (χ1v) is 10.4. The molecular weight excluding hydrogens is 346 g/mol. The van der Waals surface area contributed by atoms with Gasteiger partial charge in [0.15, 0.2) is 5.76 Å². The van der Waals surface area contributed by atoms with Crippen molar-refractivity contribution in [3.8, 4) is 0 Å². The van der Waals surface area contributed by atoms with E-state index in [9.17, 15) is 4.79 Å². The number of imidazole rings is 1. The SMILES string of the molecule is CSCc1ccc(C(=O)N2CCC[C@H](Cc3nc4ccccc4[nH]3)C2)o1. The number of H-pyrrole nitrogens is 1. The summed E-state index contributed by atoms with van der Waals surface area (Å²) in [6.45, 7) is 1.56. The number of aromatic nitrogens is 2. The third-order valence-electron chi connectivity index (χ3n) is 4.89. The number of hydrogen-bond acceptors (Lipinski definition) is 4. The molecule has 0 radical (unpaired) electrons. The summed E-state index contributed by atoms with van der Waals surface area (Å²) < 4.78 is 5.70. The van der Waals surface area contributed by atoms with Crippen molar-refractivity contribution in [1.29, 1.82) is 0 Å². The van der Waals surface area contributed by atoms with Gasteiger partial charge in [0, 0.05) is 19.5 Å². The lowest BCUT2D eigenvalue weighted by Gasteiger charge is -2.31. The van der Waals surface area contributed by atoms with Gasteiger partial charge in [0.05, 0.1) is 16.8 Å². The summed E-state index contributed by atoms with van der Waals surface area (Å²) in [4.78, 5) is 22.8. The summed E-state index contributed by atoms with van der Waals surface area (Å²) in [5.41, 5.74) is 2.08. The second-order valence-electron chi connectivity index (χ2n) is 6.86. The Morgan fingerprint density at radius 1 is 1.35 bits per heavy atom. The van der Waals surface area contributed by atoms with Gasteiger partial charge < -0.3 is 14.3 Å². The molecular formula is C20H23N3O2S. The van der Waals surface area contributed by atoms with E-state index in [0.29, 0.717) is 11.7 Å². The van der Waals surface area contributed by atoms with E-state index in [1.807, 2.05) is 41.5 Å². The number of furan rings is 1. The van der Waals surface area contributed by atoms with Gasteiger partial charge in [-0.05, 0) is 49.3 Å². The zero-order valence-corrected chi connectivity index (χ0v) is 15.7. The van der Waals surface area contributed by atoms with Gasteiger partial charge in [-0.3, -0.25) is 4.79 Å². The van der Waals surface area contributed by atoms with Crippen LogP contribution in [0.1, 0.15) is 35.0 Å². The number of nitrogens with one attached hydrogen (secondary N) is 1. The summed E-state index contributed by atoms with van der Waals surface area (Å²) in [7, 11) is 0. The number of benzene rings is 1. The molecule has 5 nitrogen and oxygen atoms in total. The molecule has 2 aromatic heterocycles. The maximum atomic E-state index is 12.8.